The smallest absolute Gasteiger partial charge is 0.231 e. The van der Waals surface area contributed by atoms with Crippen LogP contribution >= 0.6 is 0 Å². The van der Waals surface area contributed by atoms with Crippen LogP contribution in [0.3, 0.4) is 0 Å². The predicted octanol–water partition coefficient (Wildman–Crippen LogP) is 3.07. The number of halogens is 1. The van der Waals surface area contributed by atoms with Gasteiger partial charge in [-0.1, -0.05) is 17.3 Å². The molecule has 0 spiro atoms. The molecule has 0 saturated heterocycles. The van der Waals surface area contributed by atoms with E-state index in [9.17, 15) is 9.18 Å². The summed E-state index contributed by atoms with van der Waals surface area (Å²) in [7, 11) is 0. The lowest BCUT2D eigenvalue weighted by atomic mass is 10.1. The van der Waals surface area contributed by atoms with Crippen molar-refractivity contribution in [3.05, 3.63) is 65.6 Å². The molecule has 6 nitrogen and oxygen atoms in total. The molecule has 0 bridgehead atoms. The van der Waals surface area contributed by atoms with Gasteiger partial charge in [0.15, 0.2) is 17.3 Å². The number of amides is 1. The van der Waals surface area contributed by atoms with Crippen LogP contribution in [0.4, 0.5) is 4.39 Å². The lowest BCUT2D eigenvalue weighted by Gasteiger charge is -2.03. The number of fused-ring (bicyclic) bond motifs is 1. The second-order valence-electron chi connectivity index (χ2n) is 5.83. The van der Waals surface area contributed by atoms with Gasteiger partial charge >= 0.3 is 0 Å². The van der Waals surface area contributed by atoms with E-state index >= 15 is 0 Å². The predicted molar refractivity (Wildman–Crippen MR) is 90.0 cm³/mol. The first kappa shape index (κ1) is 16.1. The number of nitrogens with one attached hydrogen (secondary N) is 1. The highest BCUT2D eigenvalue weighted by Gasteiger charge is 2.16. The minimum Gasteiger partial charge on any atom is -0.454 e. The summed E-state index contributed by atoms with van der Waals surface area (Å²) in [6, 6.07) is 13.1. The number of benzene rings is 2. The van der Waals surface area contributed by atoms with Crippen LogP contribution in [0.1, 0.15) is 11.3 Å². The van der Waals surface area contributed by atoms with Crippen LogP contribution < -0.4 is 14.8 Å². The van der Waals surface area contributed by atoms with E-state index in [1.54, 1.807) is 18.2 Å². The molecule has 4 rings (SSSR count). The summed E-state index contributed by atoms with van der Waals surface area (Å²) >= 11 is 0. The molecule has 0 saturated carbocycles. The molecule has 1 aliphatic heterocycles. The molecule has 0 fully saturated rings. The van der Waals surface area contributed by atoms with Crippen molar-refractivity contribution >= 4 is 5.91 Å². The van der Waals surface area contributed by atoms with E-state index in [-0.39, 0.29) is 31.5 Å². The van der Waals surface area contributed by atoms with Gasteiger partial charge in [-0.2, -0.15) is 0 Å². The maximum atomic E-state index is 12.9. The highest BCUT2D eigenvalue weighted by atomic mass is 19.1. The van der Waals surface area contributed by atoms with Gasteiger partial charge in [-0.3, -0.25) is 4.79 Å². The molecule has 0 aliphatic carbocycles. The Hall–Kier alpha value is -3.35. The van der Waals surface area contributed by atoms with E-state index in [4.69, 9.17) is 14.0 Å². The average Bonchev–Trinajstić information content (AvgIpc) is 3.30. The Morgan fingerprint density at radius 1 is 1.08 bits per heavy atom. The molecule has 2 aromatic carbocycles. The topological polar surface area (TPSA) is 73.6 Å². The fourth-order valence-electron chi connectivity index (χ4n) is 2.62. The number of ether oxygens (including phenoxy) is 2. The Balaban J connectivity index is 1.36. The summed E-state index contributed by atoms with van der Waals surface area (Å²) < 4.78 is 28.8. The van der Waals surface area contributed by atoms with Gasteiger partial charge in [0.25, 0.3) is 0 Å². The van der Waals surface area contributed by atoms with Crippen LogP contribution in [0.15, 0.2) is 53.1 Å². The summed E-state index contributed by atoms with van der Waals surface area (Å²) in [5.74, 6) is 1.43. The molecule has 1 aromatic heterocycles. The molecular formula is C19H15FN2O4. The fraction of sp³-hybridized carbons (Fsp3) is 0.158. The molecule has 3 aromatic rings. The number of nitrogens with zero attached hydrogens (tertiary/aromatic N) is 1. The van der Waals surface area contributed by atoms with E-state index in [0.717, 1.165) is 11.1 Å². The highest BCUT2D eigenvalue weighted by Crippen LogP contribution is 2.35. The molecule has 132 valence electrons. The lowest BCUT2D eigenvalue weighted by Crippen LogP contribution is -2.24. The third-order valence-corrected chi connectivity index (χ3v) is 3.96. The van der Waals surface area contributed by atoms with Crippen LogP contribution in [0, 0.1) is 5.82 Å². The third kappa shape index (κ3) is 3.51. The van der Waals surface area contributed by atoms with Crippen molar-refractivity contribution in [1.82, 2.24) is 10.5 Å². The standard InChI is InChI=1S/C19H15FN2O4/c20-14-4-1-12(2-5-14)7-19(23)21-10-15-9-17(26-22-15)13-3-6-16-18(8-13)25-11-24-16/h1-6,8-9H,7,10-11H2,(H,21,23). The first-order valence-electron chi connectivity index (χ1n) is 8.04. The van der Waals surface area contributed by atoms with Gasteiger partial charge in [-0.15, -0.1) is 0 Å². The molecule has 2 heterocycles. The van der Waals surface area contributed by atoms with Gasteiger partial charge < -0.3 is 19.3 Å². The Bertz CT molecular complexity index is 937. The van der Waals surface area contributed by atoms with Gasteiger partial charge in [-0.25, -0.2) is 4.39 Å². The summed E-state index contributed by atoms with van der Waals surface area (Å²) in [5, 5.41) is 6.73. The van der Waals surface area contributed by atoms with Crippen molar-refractivity contribution in [1.29, 1.82) is 0 Å². The Labute approximate surface area is 148 Å². The van der Waals surface area contributed by atoms with Gasteiger partial charge in [0.2, 0.25) is 12.7 Å². The van der Waals surface area contributed by atoms with Gasteiger partial charge in [0.1, 0.15) is 11.5 Å². The summed E-state index contributed by atoms with van der Waals surface area (Å²) in [4.78, 5) is 12.0. The van der Waals surface area contributed by atoms with Crippen molar-refractivity contribution in [2.45, 2.75) is 13.0 Å². The number of hydrogen-bond donors (Lipinski definition) is 1. The maximum Gasteiger partial charge on any atom is 0.231 e. The van der Waals surface area contributed by atoms with Crippen LogP contribution in [0.25, 0.3) is 11.3 Å². The molecule has 0 atom stereocenters. The Morgan fingerprint density at radius 3 is 2.73 bits per heavy atom. The summed E-state index contributed by atoms with van der Waals surface area (Å²) in [6.45, 7) is 0.453. The van der Waals surface area contributed by atoms with Crippen LogP contribution in [-0.4, -0.2) is 17.9 Å². The molecular weight excluding hydrogens is 339 g/mol. The maximum absolute atomic E-state index is 12.9. The largest absolute Gasteiger partial charge is 0.454 e. The molecule has 0 radical (unpaired) electrons. The Morgan fingerprint density at radius 2 is 1.88 bits per heavy atom. The van der Waals surface area contributed by atoms with Crippen molar-refractivity contribution in [3.8, 4) is 22.8 Å². The van der Waals surface area contributed by atoms with Crippen LogP contribution in [0.5, 0.6) is 11.5 Å². The number of carbonyl (C=O) groups is 1. The minimum absolute atomic E-state index is 0.174. The molecule has 7 heteroatoms. The minimum atomic E-state index is -0.326. The van der Waals surface area contributed by atoms with Gasteiger partial charge in [0.05, 0.1) is 13.0 Å². The zero-order valence-corrected chi connectivity index (χ0v) is 13.7. The highest BCUT2D eigenvalue weighted by molar-refractivity contribution is 5.78. The zero-order chi connectivity index (χ0) is 17.9. The summed E-state index contributed by atoms with van der Waals surface area (Å²) in [6.07, 6.45) is 0.174. The molecule has 1 N–H and O–H groups in total. The second kappa shape index (κ2) is 6.87. The number of aromatic nitrogens is 1. The number of rotatable bonds is 5. The van der Waals surface area contributed by atoms with E-state index in [2.05, 4.69) is 10.5 Å². The van der Waals surface area contributed by atoms with E-state index in [0.29, 0.717) is 23.0 Å². The number of carbonyl (C=O) groups excluding carboxylic acids is 1. The van der Waals surface area contributed by atoms with Crippen LogP contribution in [-0.2, 0) is 17.8 Å². The van der Waals surface area contributed by atoms with E-state index in [1.807, 2.05) is 18.2 Å². The van der Waals surface area contributed by atoms with E-state index in [1.165, 1.54) is 12.1 Å². The quantitative estimate of drug-likeness (QED) is 0.762. The summed E-state index contributed by atoms with van der Waals surface area (Å²) in [5.41, 5.74) is 2.15. The molecule has 0 unspecified atom stereocenters. The molecule has 1 amide bonds. The lowest BCUT2D eigenvalue weighted by molar-refractivity contribution is -0.120. The zero-order valence-electron chi connectivity index (χ0n) is 13.7. The molecule has 1 aliphatic rings. The number of hydrogen-bond acceptors (Lipinski definition) is 5. The van der Waals surface area contributed by atoms with Crippen molar-refractivity contribution in [2.75, 3.05) is 6.79 Å². The first-order chi connectivity index (χ1) is 12.7. The van der Waals surface area contributed by atoms with Crippen molar-refractivity contribution < 1.29 is 23.2 Å². The third-order valence-electron chi connectivity index (χ3n) is 3.96. The van der Waals surface area contributed by atoms with E-state index < -0.39 is 0 Å². The van der Waals surface area contributed by atoms with Crippen molar-refractivity contribution in [3.63, 3.8) is 0 Å². The van der Waals surface area contributed by atoms with Crippen molar-refractivity contribution in [2.24, 2.45) is 0 Å². The Kier molecular flexibility index (Phi) is 4.27. The van der Waals surface area contributed by atoms with Gasteiger partial charge in [-0.05, 0) is 35.9 Å². The average molecular weight is 354 g/mol. The second-order valence-corrected chi connectivity index (χ2v) is 5.83. The monoisotopic (exact) mass is 354 g/mol. The SMILES string of the molecule is O=C(Cc1ccc(F)cc1)NCc1cc(-c2ccc3c(c2)OCO3)on1. The first-order valence-corrected chi connectivity index (χ1v) is 8.04. The molecule has 26 heavy (non-hydrogen) atoms. The normalized spacial score (nSPS) is 12.2. The van der Waals surface area contributed by atoms with Gasteiger partial charge in [0, 0.05) is 11.6 Å². The van der Waals surface area contributed by atoms with Crippen LogP contribution in [0.2, 0.25) is 0 Å². The fourth-order valence-corrected chi connectivity index (χ4v) is 2.62.